The number of carbonyl (C=O) groups is 2. The third-order valence-electron chi connectivity index (χ3n) is 7.21. The Balaban J connectivity index is 1.40. The summed E-state index contributed by atoms with van der Waals surface area (Å²) in [6.45, 7) is 8.13. The molecule has 0 aliphatic carbocycles. The van der Waals surface area contributed by atoms with Crippen molar-refractivity contribution < 1.29 is 23.1 Å². The molecule has 1 aromatic carbocycles. The van der Waals surface area contributed by atoms with Crippen molar-refractivity contribution in [3.8, 4) is 0 Å². The molecule has 1 N–H and O–H groups in total. The lowest BCUT2D eigenvalue weighted by atomic mass is 9.98. The summed E-state index contributed by atoms with van der Waals surface area (Å²) in [6.07, 6.45) is 5.32. The summed E-state index contributed by atoms with van der Waals surface area (Å²) < 4.78 is 35.5. The van der Waals surface area contributed by atoms with Crippen LogP contribution in [-0.4, -0.2) is 55.7 Å². The minimum Gasteiger partial charge on any atom is -0.444 e. The van der Waals surface area contributed by atoms with Gasteiger partial charge in [0.2, 0.25) is 5.91 Å². The first kappa shape index (κ1) is 25.9. The molecule has 2 atom stereocenters. The predicted octanol–water partition coefficient (Wildman–Crippen LogP) is 5.08. The van der Waals surface area contributed by atoms with E-state index in [1.54, 1.807) is 40.0 Å². The highest BCUT2D eigenvalue weighted by Crippen LogP contribution is 2.37. The van der Waals surface area contributed by atoms with Gasteiger partial charge in [0.1, 0.15) is 34.3 Å². The summed E-state index contributed by atoms with van der Waals surface area (Å²) in [5, 5.41) is 7.21. The Labute approximate surface area is 219 Å². The van der Waals surface area contributed by atoms with Crippen LogP contribution >= 0.6 is 0 Å². The fourth-order valence-electron chi connectivity index (χ4n) is 5.31. The summed E-state index contributed by atoms with van der Waals surface area (Å²) in [5.41, 5.74) is -0.679. The highest BCUT2D eigenvalue weighted by Gasteiger charge is 2.47. The van der Waals surface area contributed by atoms with Crippen LogP contribution in [0.2, 0.25) is 0 Å². The summed E-state index contributed by atoms with van der Waals surface area (Å²) in [4.78, 5) is 34.5. The molecule has 2 fully saturated rings. The number of hydrogen-bond donors (Lipinski definition) is 1. The first-order chi connectivity index (χ1) is 18.0. The zero-order valence-electron chi connectivity index (χ0n) is 22.0. The van der Waals surface area contributed by atoms with Crippen molar-refractivity contribution in [1.82, 2.24) is 19.5 Å². The molecule has 2 aromatic heterocycles. The fourth-order valence-corrected chi connectivity index (χ4v) is 5.31. The minimum atomic E-state index is -1.09. The number of nitrogens with zero attached hydrogens (tertiary/aromatic N) is 5. The number of halogens is 2. The number of hydrogen-bond acceptors (Lipinski definition) is 6. The molecular weight excluding hydrogens is 494 g/mol. The van der Waals surface area contributed by atoms with Crippen molar-refractivity contribution in [3.05, 3.63) is 53.9 Å². The maximum atomic E-state index is 14.6. The van der Waals surface area contributed by atoms with E-state index in [1.807, 2.05) is 4.90 Å². The van der Waals surface area contributed by atoms with Crippen molar-refractivity contribution >= 4 is 29.2 Å². The molecule has 2 aliphatic heterocycles. The molecule has 3 aromatic rings. The standard InChI is InChI=1S/C27H32F2N6O3/c1-26(2,3)38-25(37)34-13-6-11-27(34,4)24(36)31-20-16-30-35-14-10-22(32-23(20)35)33-12-5-7-21(33)18-15-17(28)8-9-19(18)29/h8-10,14-16,21H,5-7,11-13H2,1-4H3,(H,31,36). The van der Waals surface area contributed by atoms with E-state index in [-0.39, 0.29) is 11.9 Å². The molecule has 4 heterocycles. The van der Waals surface area contributed by atoms with E-state index in [4.69, 9.17) is 9.72 Å². The van der Waals surface area contributed by atoms with E-state index in [0.717, 1.165) is 18.6 Å². The normalized spacial score (nSPS) is 21.8. The number of carbonyl (C=O) groups excluding carboxylic acids is 2. The summed E-state index contributed by atoms with van der Waals surface area (Å²) in [5.74, 6) is -0.731. The Morgan fingerprint density at radius 1 is 1.16 bits per heavy atom. The number of likely N-dealkylation sites (tertiary alicyclic amines) is 1. The Kier molecular flexibility index (Phi) is 6.48. The van der Waals surface area contributed by atoms with Crippen LogP contribution in [0.1, 0.15) is 65.0 Å². The van der Waals surface area contributed by atoms with Gasteiger partial charge in [0, 0.05) is 24.8 Å². The first-order valence-corrected chi connectivity index (χ1v) is 12.8. The smallest absolute Gasteiger partial charge is 0.411 e. The van der Waals surface area contributed by atoms with E-state index in [0.29, 0.717) is 55.1 Å². The van der Waals surface area contributed by atoms with Crippen LogP contribution in [0.25, 0.3) is 5.65 Å². The van der Waals surface area contributed by atoms with Crippen LogP contribution in [0.5, 0.6) is 0 Å². The molecule has 5 rings (SSSR count). The molecule has 0 spiro atoms. The van der Waals surface area contributed by atoms with Crippen LogP contribution in [0.15, 0.2) is 36.7 Å². The molecule has 0 bridgehead atoms. The Bertz CT molecular complexity index is 1390. The lowest BCUT2D eigenvalue weighted by Gasteiger charge is -2.35. The van der Waals surface area contributed by atoms with Gasteiger partial charge in [-0.05, 0) is 77.6 Å². The van der Waals surface area contributed by atoms with E-state index in [9.17, 15) is 18.4 Å². The number of nitrogens with one attached hydrogen (secondary N) is 1. The molecule has 38 heavy (non-hydrogen) atoms. The molecule has 11 heteroatoms. The molecule has 202 valence electrons. The highest BCUT2D eigenvalue weighted by molar-refractivity contribution is 6.02. The average Bonchev–Trinajstić information content (AvgIpc) is 3.58. The van der Waals surface area contributed by atoms with Crippen molar-refractivity contribution in [2.24, 2.45) is 0 Å². The third-order valence-corrected chi connectivity index (χ3v) is 7.21. The number of benzene rings is 1. The number of aromatic nitrogens is 3. The van der Waals surface area contributed by atoms with Crippen molar-refractivity contribution in [1.29, 1.82) is 0 Å². The zero-order chi connectivity index (χ0) is 27.2. The van der Waals surface area contributed by atoms with E-state index in [2.05, 4.69) is 10.4 Å². The quantitative estimate of drug-likeness (QED) is 0.510. The van der Waals surface area contributed by atoms with E-state index in [1.165, 1.54) is 21.7 Å². The third kappa shape index (κ3) is 4.77. The van der Waals surface area contributed by atoms with Gasteiger partial charge in [-0.2, -0.15) is 5.10 Å². The van der Waals surface area contributed by atoms with Crippen LogP contribution < -0.4 is 10.2 Å². The van der Waals surface area contributed by atoms with Gasteiger partial charge >= 0.3 is 6.09 Å². The van der Waals surface area contributed by atoms with Crippen molar-refractivity contribution in [2.75, 3.05) is 23.3 Å². The maximum absolute atomic E-state index is 14.6. The molecule has 0 saturated carbocycles. The molecular formula is C27H32F2N6O3. The minimum absolute atomic E-state index is 0.294. The molecule has 9 nitrogen and oxygen atoms in total. The maximum Gasteiger partial charge on any atom is 0.411 e. The number of anilines is 2. The second kappa shape index (κ2) is 9.52. The molecule has 2 saturated heterocycles. The lowest BCUT2D eigenvalue weighted by Crippen LogP contribution is -2.54. The monoisotopic (exact) mass is 526 g/mol. The van der Waals surface area contributed by atoms with Crippen LogP contribution in [0, 0.1) is 11.6 Å². The summed E-state index contributed by atoms with van der Waals surface area (Å²) in [6, 6.07) is 4.90. The second-order valence-corrected chi connectivity index (χ2v) is 11.1. The number of amides is 2. The number of ether oxygens (including phenoxy) is 1. The Morgan fingerprint density at radius 3 is 2.71 bits per heavy atom. The van der Waals surface area contributed by atoms with Gasteiger partial charge in [0.15, 0.2) is 5.65 Å². The van der Waals surface area contributed by atoms with Gasteiger partial charge in [0.25, 0.3) is 0 Å². The van der Waals surface area contributed by atoms with Crippen LogP contribution in [0.3, 0.4) is 0 Å². The van der Waals surface area contributed by atoms with Crippen LogP contribution in [0.4, 0.5) is 25.1 Å². The average molecular weight is 527 g/mol. The predicted molar refractivity (Wildman–Crippen MR) is 138 cm³/mol. The van der Waals surface area contributed by atoms with Gasteiger partial charge in [-0.15, -0.1) is 0 Å². The summed E-state index contributed by atoms with van der Waals surface area (Å²) >= 11 is 0. The molecule has 0 radical (unpaired) electrons. The van der Waals surface area contributed by atoms with Gasteiger partial charge in [-0.25, -0.2) is 23.1 Å². The van der Waals surface area contributed by atoms with Gasteiger partial charge in [-0.1, -0.05) is 0 Å². The molecule has 2 unspecified atom stereocenters. The van der Waals surface area contributed by atoms with E-state index >= 15 is 0 Å². The zero-order valence-corrected chi connectivity index (χ0v) is 22.0. The Hall–Kier alpha value is -3.76. The van der Waals surface area contributed by atoms with Gasteiger partial charge in [0.05, 0.1) is 12.2 Å². The summed E-state index contributed by atoms with van der Waals surface area (Å²) in [7, 11) is 0. The SMILES string of the molecule is CC(C)(C)OC(=O)N1CCCC1(C)C(=O)Nc1cnn2ccc(N3CCCC3c3cc(F)ccc3F)nc12. The topological polar surface area (TPSA) is 92.1 Å². The van der Waals surface area contributed by atoms with Crippen molar-refractivity contribution in [3.63, 3.8) is 0 Å². The Morgan fingerprint density at radius 2 is 1.95 bits per heavy atom. The molecule has 2 amide bonds. The second-order valence-electron chi connectivity index (χ2n) is 11.1. The van der Waals surface area contributed by atoms with Crippen LogP contribution in [-0.2, 0) is 9.53 Å². The fraction of sp³-hybridized carbons (Fsp3) is 0.481. The molecule has 2 aliphatic rings. The number of fused-ring (bicyclic) bond motifs is 1. The van der Waals surface area contributed by atoms with Gasteiger partial charge < -0.3 is 15.0 Å². The van der Waals surface area contributed by atoms with E-state index < -0.39 is 28.9 Å². The highest BCUT2D eigenvalue weighted by atomic mass is 19.1. The van der Waals surface area contributed by atoms with Gasteiger partial charge in [-0.3, -0.25) is 9.69 Å². The lowest BCUT2D eigenvalue weighted by molar-refractivity contribution is -0.125. The first-order valence-electron chi connectivity index (χ1n) is 12.8. The van der Waals surface area contributed by atoms with Crippen molar-refractivity contribution in [2.45, 2.75) is 70.6 Å². The number of rotatable bonds is 4. The largest absolute Gasteiger partial charge is 0.444 e.